The molecule has 10 heteroatoms. The van der Waals surface area contributed by atoms with Crippen molar-refractivity contribution in [1.82, 2.24) is 14.6 Å². The van der Waals surface area contributed by atoms with Crippen LogP contribution in [0.15, 0.2) is 35.4 Å². The van der Waals surface area contributed by atoms with E-state index in [0.29, 0.717) is 19.4 Å². The molecule has 28 heavy (non-hydrogen) atoms. The highest BCUT2D eigenvalue weighted by Crippen LogP contribution is 2.23. The number of aryl methyl sites for hydroxylation is 1. The van der Waals surface area contributed by atoms with Crippen LogP contribution in [0.5, 0.6) is 5.88 Å². The van der Waals surface area contributed by atoms with Gasteiger partial charge in [-0.05, 0) is 43.0 Å². The minimum absolute atomic E-state index is 0.0647. The Balaban J connectivity index is 1.95. The first-order chi connectivity index (χ1) is 13.2. The summed E-state index contributed by atoms with van der Waals surface area (Å²) in [5.74, 6) is -0.0647. The number of aromatic nitrogens is 1. The molecule has 0 atom stereocenters. The number of methoxy groups -OCH3 is 1. The third-order valence-electron chi connectivity index (χ3n) is 4.20. The molecule has 152 valence electrons. The van der Waals surface area contributed by atoms with Crippen LogP contribution in [0.4, 0.5) is 9.59 Å². The fraction of sp³-hybridized carbons (Fsp3) is 0.333. The number of sulfonamides is 1. The lowest BCUT2D eigenvalue weighted by Crippen LogP contribution is -2.30. The summed E-state index contributed by atoms with van der Waals surface area (Å²) in [7, 11) is -2.92. The van der Waals surface area contributed by atoms with Gasteiger partial charge in [0.05, 0.1) is 12.0 Å². The van der Waals surface area contributed by atoms with Crippen molar-refractivity contribution in [3.63, 3.8) is 0 Å². The summed E-state index contributed by atoms with van der Waals surface area (Å²) in [6.45, 7) is 4.02. The number of rotatable bonds is 6. The second-order valence-corrected chi connectivity index (χ2v) is 7.74. The number of carbonyl (C=O) groups excluding carboxylic acids is 2. The highest BCUT2D eigenvalue weighted by atomic mass is 32.2. The first kappa shape index (κ1) is 21.3. The van der Waals surface area contributed by atoms with Crippen molar-refractivity contribution in [2.45, 2.75) is 31.6 Å². The Kier molecular flexibility index (Phi) is 6.68. The molecule has 0 unspecified atom stereocenters. The number of benzene rings is 1. The van der Waals surface area contributed by atoms with Gasteiger partial charge in [-0.15, -0.1) is 0 Å². The van der Waals surface area contributed by atoms with E-state index in [1.165, 1.54) is 16.7 Å². The van der Waals surface area contributed by atoms with Gasteiger partial charge in [-0.3, -0.25) is 0 Å². The predicted molar refractivity (Wildman–Crippen MR) is 102 cm³/mol. The zero-order valence-corrected chi connectivity index (χ0v) is 16.7. The molecule has 9 nitrogen and oxygen atoms in total. The van der Waals surface area contributed by atoms with Crippen molar-refractivity contribution in [1.29, 1.82) is 0 Å². The van der Waals surface area contributed by atoms with Gasteiger partial charge in [0.25, 0.3) is 10.0 Å². The van der Waals surface area contributed by atoms with E-state index in [1.807, 2.05) is 13.8 Å². The van der Waals surface area contributed by atoms with Crippen LogP contribution in [0.2, 0.25) is 0 Å². The molecule has 0 aliphatic heterocycles. The lowest BCUT2D eigenvalue weighted by atomic mass is 10.1. The van der Waals surface area contributed by atoms with Crippen LogP contribution in [0.25, 0.3) is 0 Å². The minimum Gasteiger partial charge on any atom is -0.494 e. The van der Waals surface area contributed by atoms with E-state index in [-0.39, 0.29) is 10.8 Å². The molecule has 1 heterocycles. The molecule has 0 radical (unpaired) electrons. The third kappa shape index (κ3) is 4.83. The monoisotopic (exact) mass is 409 g/mol. The molecule has 0 spiro atoms. The van der Waals surface area contributed by atoms with Crippen LogP contribution in [-0.2, 0) is 27.6 Å². The van der Waals surface area contributed by atoms with Crippen LogP contribution >= 0.6 is 0 Å². The van der Waals surface area contributed by atoms with Gasteiger partial charge >= 0.3 is 12.1 Å². The number of amides is 2. The molecule has 0 aliphatic carbocycles. The summed E-state index contributed by atoms with van der Waals surface area (Å²) in [6.07, 6.45) is 1.59. The summed E-state index contributed by atoms with van der Waals surface area (Å²) in [5.41, 5.74) is 2.36. The number of hydrogen-bond acceptors (Lipinski definition) is 6. The van der Waals surface area contributed by atoms with E-state index in [9.17, 15) is 23.1 Å². The van der Waals surface area contributed by atoms with Gasteiger partial charge in [0.1, 0.15) is 0 Å². The predicted octanol–water partition coefficient (Wildman–Crippen LogP) is 1.91. The Morgan fingerprint density at radius 2 is 1.86 bits per heavy atom. The standard InChI is InChI=1S/C18H23N3O6S/c1-4-15-12(2)11-21(16(15)22)17(23)19-10-9-13-5-7-14(8-6-13)28(25,26)20-18(24)27-3/h5-8,11,22H,4,9-10H2,1-3H3,(H,19,23)(H,20,24). The smallest absolute Gasteiger partial charge is 0.420 e. The quantitative estimate of drug-likeness (QED) is 0.669. The lowest BCUT2D eigenvalue weighted by molar-refractivity contribution is 0.177. The van der Waals surface area contributed by atoms with Gasteiger partial charge < -0.3 is 15.2 Å². The summed E-state index contributed by atoms with van der Waals surface area (Å²) < 4.78 is 31.1. The average Bonchev–Trinajstić information content (AvgIpc) is 2.95. The van der Waals surface area contributed by atoms with Gasteiger partial charge in [0.2, 0.25) is 5.88 Å². The lowest BCUT2D eigenvalue weighted by Gasteiger charge is -2.09. The van der Waals surface area contributed by atoms with Crippen LogP contribution in [0, 0.1) is 6.92 Å². The van der Waals surface area contributed by atoms with Crippen LogP contribution in [0.1, 0.15) is 23.6 Å². The van der Waals surface area contributed by atoms with Gasteiger partial charge in [0, 0.05) is 18.3 Å². The van der Waals surface area contributed by atoms with E-state index in [2.05, 4.69) is 10.1 Å². The summed E-state index contributed by atoms with van der Waals surface area (Å²) >= 11 is 0. The average molecular weight is 409 g/mol. The molecule has 2 aromatic rings. The summed E-state index contributed by atoms with van der Waals surface area (Å²) in [5, 5.41) is 12.8. The van der Waals surface area contributed by atoms with Crippen LogP contribution in [-0.4, -0.2) is 43.9 Å². The maximum atomic E-state index is 12.2. The highest BCUT2D eigenvalue weighted by Gasteiger charge is 2.18. The molecule has 0 bridgehead atoms. The Morgan fingerprint density at radius 3 is 2.39 bits per heavy atom. The highest BCUT2D eigenvalue weighted by molar-refractivity contribution is 7.90. The normalized spacial score (nSPS) is 11.1. The molecule has 0 saturated heterocycles. The molecule has 0 saturated carbocycles. The fourth-order valence-corrected chi connectivity index (χ4v) is 3.61. The van der Waals surface area contributed by atoms with Crippen molar-refractivity contribution >= 4 is 22.1 Å². The number of nitrogens with zero attached hydrogens (tertiary/aromatic N) is 1. The first-order valence-corrected chi connectivity index (χ1v) is 10.1. The van der Waals surface area contributed by atoms with Gasteiger partial charge in [-0.25, -0.2) is 27.3 Å². The van der Waals surface area contributed by atoms with Crippen molar-refractivity contribution in [3.8, 4) is 5.88 Å². The maximum absolute atomic E-state index is 12.2. The van der Waals surface area contributed by atoms with Crippen molar-refractivity contribution < 1.29 is 27.9 Å². The topological polar surface area (TPSA) is 127 Å². The summed E-state index contributed by atoms with van der Waals surface area (Å²) in [6, 6.07) is 5.45. The Hall–Kier alpha value is -3.01. The second-order valence-electron chi connectivity index (χ2n) is 6.06. The van der Waals surface area contributed by atoms with E-state index < -0.39 is 22.1 Å². The van der Waals surface area contributed by atoms with Crippen LogP contribution < -0.4 is 10.0 Å². The Labute approximate surface area is 163 Å². The molecular weight excluding hydrogens is 386 g/mol. The molecule has 3 N–H and O–H groups in total. The second kappa shape index (κ2) is 8.79. The maximum Gasteiger partial charge on any atom is 0.420 e. The van der Waals surface area contributed by atoms with Crippen LogP contribution in [0.3, 0.4) is 0 Å². The van der Waals surface area contributed by atoms with Gasteiger partial charge in [-0.1, -0.05) is 19.1 Å². The van der Waals surface area contributed by atoms with Gasteiger partial charge in [-0.2, -0.15) is 0 Å². The molecule has 1 aromatic heterocycles. The fourth-order valence-electron chi connectivity index (χ4n) is 2.69. The van der Waals surface area contributed by atoms with Gasteiger partial charge in [0.15, 0.2) is 0 Å². The number of hydrogen-bond donors (Lipinski definition) is 3. The molecule has 0 fully saturated rings. The molecule has 2 amide bonds. The number of nitrogens with one attached hydrogen (secondary N) is 2. The Morgan fingerprint density at radius 1 is 1.21 bits per heavy atom. The molecule has 0 aliphatic rings. The van der Waals surface area contributed by atoms with Crippen molar-refractivity contribution in [3.05, 3.63) is 47.2 Å². The van der Waals surface area contributed by atoms with E-state index in [1.54, 1.807) is 23.1 Å². The van der Waals surface area contributed by atoms with E-state index in [0.717, 1.165) is 23.8 Å². The third-order valence-corrected chi connectivity index (χ3v) is 5.52. The van der Waals surface area contributed by atoms with Crippen molar-refractivity contribution in [2.24, 2.45) is 0 Å². The zero-order chi connectivity index (χ0) is 20.9. The summed E-state index contributed by atoms with van der Waals surface area (Å²) in [4.78, 5) is 23.2. The number of carbonyl (C=O) groups is 2. The zero-order valence-electron chi connectivity index (χ0n) is 15.9. The van der Waals surface area contributed by atoms with E-state index in [4.69, 9.17) is 0 Å². The molecular formula is C18H23N3O6S. The number of aromatic hydroxyl groups is 1. The minimum atomic E-state index is -3.99. The number of ether oxygens (including phenoxy) is 1. The first-order valence-electron chi connectivity index (χ1n) is 8.57. The largest absolute Gasteiger partial charge is 0.494 e. The van der Waals surface area contributed by atoms with E-state index >= 15 is 0 Å². The Bertz CT molecular complexity index is 964. The molecule has 1 aromatic carbocycles. The van der Waals surface area contributed by atoms with Crippen molar-refractivity contribution in [2.75, 3.05) is 13.7 Å². The molecule has 2 rings (SSSR count). The SMILES string of the molecule is CCc1c(C)cn(C(=O)NCCc2ccc(S(=O)(=O)NC(=O)OC)cc2)c1O.